The van der Waals surface area contributed by atoms with E-state index in [9.17, 15) is 31.1 Å². The van der Waals surface area contributed by atoms with Crippen molar-refractivity contribution in [2.45, 2.75) is 32.6 Å². The smallest absolute Gasteiger partial charge is 0.416 e. The van der Waals surface area contributed by atoms with Crippen LogP contribution < -0.4 is 0 Å². The van der Waals surface area contributed by atoms with Gasteiger partial charge in [-0.15, -0.1) is 0 Å². The van der Waals surface area contributed by atoms with Crippen LogP contribution in [0.3, 0.4) is 0 Å². The van der Waals surface area contributed by atoms with Crippen LogP contribution in [0, 0.1) is 17.3 Å². The van der Waals surface area contributed by atoms with Crippen molar-refractivity contribution in [3.63, 3.8) is 0 Å². The monoisotopic (exact) mass is 408 g/mol. The zero-order valence-corrected chi connectivity index (χ0v) is 15.0. The second-order valence-electron chi connectivity index (χ2n) is 5.96. The summed E-state index contributed by atoms with van der Waals surface area (Å²) in [5.41, 5.74) is -5.05. The summed E-state index contributed by atoms with van der Waals surface area (Å²) in [6.07, 6.45) is -7.30. The van der Waals surface area contributed by atoms with Gasteiger partial charge in [0.25, 0.3) is 0 Å². The van der Waals surface area contributed by atoms with Gasteiger partial charge in [-0.3, -0.25) is 4.79 Å². The molecule has 1 aromatic carbocycles. The maximum Gasteiger partial charge on any atom is 0.416 e. The van der Waals surface area contributed by atoms with Crippen molar-refractivity contribution in [3.8, 4) is 11.8 Å². The first-order valence-corrected chi connectivity index (χ1v) is 8.09. The number of hydrogen-bond acceptors (Lipinski definition) is 3. The standard InChI is InChI=1S/C19H18F6O3/c1-3-28-16(27)17(2,7-4-5-9-26)8-6-13-10-14(18(20,21)22)12-15(11-13)19(23,24)25/h4-5,10-12,26H,3,7,9H2,1-2H3/b5-4-. The van der Waals surface area contributed by atoms with Crippen LogP contribution in [0.4, 0.5) is 26.3 Å². The van der Waals surface area contributed by atoms with Gasteiger partial charge in [0.1, 0.15) is 5.41 Å². The van der Waals surface area contributed by atoms with Gasteiger partial charge in [0.2, 0.25) is 0 Å². The number of carbonyl (C=O) groups is 1. The first-order valence-electron chi connectivity index (χ1n) is 8.09. The van der Waals surface area contributed by atoms with Gasteiger partial charge in [0, 0.05) is 5.56 Å². The highest BCUT2D eigenvalue weighted by Crippen LogP contribution is 2.36. The highest BCUT2D eigenvalue weighted by molar-refractivity contribution is 5.80. The zero-order valence-electron chi connectivity index (χ0n) is 15.0. The number of allylic oxidation sites excluding steroid dienone is 1. The largest absolute Gasteiger partial charge is 0.465 e. The van der Waals surface area contributed by atoms with E-state index in [0.717, 1.165) is 0 Å². The third kappa shape index (κ3) is 6.60. The van der Waals surface area contributed by atoms with Crippen LogP contribution in [-0.4, -0.2) is 24.3 Å². The molecule has 1 atom stereocenters. The average Bonchev–Trinajstić information content (AvgIpc) is 2.58. The lowest BCUT2D eigenvalue weighted by Gasteiger charge is -2.19. The Morgan fingerprint density at radius 1 is 1.07 bits per heavy atom. The van der Waals surface area contributed by atoms with E-state index in [4.69, 9.17) is 9.84 Å². The van der Waals surface area contributed by atoms with E-state index in [1.165, 1.54) is 26.0 Å². The third-order valence-corrected chi connectivity index (χ3v) is 3.59. The molecule has 0 aliphatic heterocycles. The third-order valence-electron chi connectivity index (χ3n) is 3.59. The minimum atomic E-state index is -4.99. The van der Waals surface area contributed by atoms with Crippen LogP contribution in [-0.2, 0) is 21.9 Å². The van der Waals surface area contributed by atoms with E-state index in [1.807, 2.05) is 0 Å². The Morgan fingerprint density at radius 3 is 2.04 bits per heavy atom. The van der Waals surface area contributed by atoms with Crippen molar-refractivity contribution in [2.24, 2.45) is 5.41 Å². The van der Waals surface area contributed by atoms with E-state index in [2.05, 4.69) is 11.8 Å². The quantitative estimate of drug-likeness (QED) is 0.336. The summed E-state index contributed by atoms with van der Waals surface area (Å²) in [5.74, 6) is 3.87. The fourth-order valence-electron chi connectivity index (χ4n) is 2.11. The van der Waals surface area contributed by atoms with Crippen molar-refractivity contribution < 1.29 is 41.0 Å². The second-order valence-corrected chi connectivity index (χ2v) is 5.96. The molecule has 0 aliphatic carbocycles. The number of alkyl halides is 6. The molecule has 0 saturated heterocycles. The van der Waals surface area contributed by atoms with Crippen LogP contribution in [0.5, 0.6) is 0 Å². The minimum absolute atomic E-state index is 0.000288. The van der Waals surface area contributed by atoms with Gasteiger partial charge in [-0.25, -0.2) is 0 Å². The Bertz CT molecular complexity index is 751. The van der Waals surface area contributed by atoms with Crippen molar-refractivity contribution in [3.05, 3.63) is 47.0 Å². The van der Waals surface area contributed by atoms with Gasteiger partial charge in [-0.1, -0.05) is 24.0 Å². The summed E-state index contributed by atoms with van der Waals surface area (Å²) in [6.45, 7) is 2.59. The summed E-state index contributed by atoms with van der Waals surface area (Å²) < 4.78 is 82.4. The molecule has 1 aromatic rings. The first kappa shape index (κ1) is 23.6. The summed E-state index contributed by atoms with van der Waals surface area (Å²) >= 11 is 0. The molecular formula is C19H18F6O3. The van der Waals surface area contributed by atoms with Crippen LogP contribution in [0.15, 0.2) is 30.4 Å². The van der Waals surface area contributed by atoms with Crippen LogP contribution in [0.1, 0.15) is 37.0 Å². The normalized spacial score (nSPS) is 14.3. The number of esters is 1. The topological polar surface area (TPSA) is 46.5 Å². The Labute approximate surface area is 158 Å². The van der Waals surface area contributed by atoms with E-state index < -0.39 is 40.4 Å². The lowest BCUT2D eigenvalue weighted by Crippen LogP contribution is -2.28. The molecule has 0 fully saturated rings. The lowest BCUT2D eigenvalue weighted by molar-refractivity contribution is -0.151. The van der Waals surface area contributed by atoms with Gasteiger partial charge in [-0.2, -0.15) is 26.3 Å². The van der Waals surface area contributed by atoms with Crippen molar-refractivity contribution in [1.29, 1.82) is 0 Å². The summed E-state index contributed by atoms with van der Waals surface area (Å²) in [4.78, 5) is 12.2. The van der Waals surface area contributed by atoms with E-state index in [0.29, 0.717) is 12.1 Å². The Hall–Kier alpha value is -2.47. The van der Waals surface area contributed by atoms with Gasteiger partial charge >= 0.3 is 18.3 Å². The maximum absolute atomic E-state index is 12.9. The Kier molecular flexibility index (Phi) is 7.70. The highest BCUT2D eigenvalue weighted by atomic mass is 19.4. The Balaban J connectivity index is 3.45. The van der Waals surface area contributed by atoms with Crippen LogP contribution in [0.25, 0.3) is 0 Å². The Morgan fingerprint density at radius 2 is 1.61 bits per heavy atom. The number of rotatable bonds is 5. The van der Waals surface area contributed by atoms with Gasteiger partial charge in [0.05, 0.1) is 24.3 Å². The highest BCUT2D eigenvalue weighted by Gasteiger charge is 2.37. The SMILES string of the molecule is CCOC(=O)C(C)(C#Cc1cc(C(F)(F)F)cc(C(F)(F)F)c1)C/C=C\CO. The molecule has 1 rings (SSSR count). The molecule has 0 saturated carbocycles. The summed E-state index contributed by atoms with van der Waals surface area (Å²) in [6, 6.07) is 0.967. The van der Waals surface area contributed by atoms with Crippen molar-refractivity contribution >= 4 is 5.97 Å². The molecule has 28 heavy (non-hydrogen) atoms. The molecule has 0 aliphatic rings. The van der Waals surface area contributed by atoms with Gasteiger partial charge in [0.15, 0.2) is 0 Å². The fourth-order valence-corrected chi connectivity index (χ4v) is 2.11. The molecule has 154 valence electrons. The molecule has 1 N–H and O–H groups in total. The number of carbonyl (C=O) groups excluding carboxylic acids is 1. The molecule has 0 heterocycles. The number of aliphatic hydroxyl groups excluding tert-OH is 1. The number of ether oxygens (including phenoxy) is 1. The average molecular weight is 408 g/mol. The molecule has 0 spiro atoms. The lowest BCUT2D eigenvalue weighted by atomic mass is 9.87. The predicted molar refractivity (Wildman–Crippen MR) is 88.9 cm³/mol. The minimum Gasteiger partial charge on any atom is -0.465 e. The molecule has 1 unspecified atom stereocenters. The van der Waals surface area contributed by atoms with Crippen molar-refractivity contribution in [1.82, 2.24) is 0 Å². The zero-order chi connectivity index (χ0) is 21.6. The summed E-state index contributed by atoms with van der Waals surface area (Å²) in [5, 5.41) is 8.77. The number of halogens is 6. The second kappa shape index (κ2) is 9.15. The number of benzene rings is 1. The van der Waals surface area contributed by atoms with Gasteiger partial charge < -0.3 is 9.84 Å². The van der Waals surface area contributed by atoms with Gasteiger partial charge in [-0.05, 0) is 38.5 Å². The van der Waals surface area contributed by atoms with E-state index in [-0.39, 0.29) is 25.7 Å². The fraction of sp³-hybridized carbons (Fsp3) is 0.421. The number of hydrogen-bond donors (Lipinski definition) is 1. The van der Waals surface area contributed by atoms with E-state index in [1.54, 1.807) is 0 Å². The molecule has 3 nitrogen and oxygen atoms in total. The molecule has 0 amide bonds. The molecule has 9 heteroatoms. The maximum atomic E-state index is 12.9. The van der Waals surface area contributed by atoms with Crippen LogP contribution >= 0.6 is 0 Å². The summed E-state index contributed by atoms with van der Waals surface area (Å²) in [7, 11) is 0. The molecule has 0 bridgehead atoms. The number of aliphatic hydroxyl groups is 1. The molecule has 0 radical (unpaired) electrons. The predicted octanol–water partition coefficient (Wildman–Crippen LogP) is 4.58. The van der Waals surface area contributed by atoms with Crippen molar-refractivity contribution in [2.75, 3.05) is 13.2 Å². The van der Waals surface area contributed by atoms with E-state index >= 15 is 0 Å². The molecule has 0 aromatic heterocycles. The first-order chi connectivity index (χ1) is 12.8. The van der Waals surface area contributed by atoms with Crippen LogP contribution in [0.2, 0.25) is 0 Å². The molecular weight excluding hydrogens is 390 g/mol.